The lowest BCUT2D eigenvalue weighted by Crippen LogP contribution is -2.49. The Bertz CT molecular complexity index is 1410. The van der Waals surface area contributed by atoms with Gasteiger partial charge in [-0.05, 0) is 76.1 Å². The second kappa shape index (κ2) is 10.6. The molecule has 1 saturated carbocycles. The van der Waals surface area contributed by atoms with Gasteiger partial charge in [-0.15, -0.1) is 0 Å². The van der Waals surface area contributed by atoms with E-state index >= 15 is 0 Å². The molecule has 1 saturated heterocycles. The molecule has 38 heavy (non-hydrogen) atoms. The van der Waals surface area contributed by atoms with E-state index in [-0.39, 0.29) is 28.7 Å². The lowest BCUT2D eigenvalue weighted by Gasteiger charge is -2.40. The highest BCUT2D eigenvalue weighted by Gasteiger charge is 2.36. The molecule has 1 amide bonds. The molecular formula is C29H36ClN3O4S. The van der Waals surface area contributed by atoms with Crippen LogP contribution in [0.5, 0.6) is 0 Å². The van der Waals surface area contributed by atoms with Crippen LogP contribution in [-0.4, -0.2) is 54.0 Å². The van der Waals surface area contributed by atoms with Crippen LogP contribution < -0.4 is 4.72 Å². The van der Waals surface area contributed by atoms with Gasteiger partial charge in [0, 0.05) is 41.9 Å². The van der Waals surface area contributed by atoms with Gasteiger partial charge < -0.3 is 15.0 Å². The van der Waals surface area contributed by atoms with E-state index in [2.05, 4.69) is 9.71 Å². The van der Waals surface area contributed by atoms with Crippen LogP contribution in [0.3, 0.4) is 0 Å². The minimum atomic E-state index is -3.74. The molecule has 3 N–H and O–H groups in total. The van der Waals surface area contributed by atoms with Crippen molar-refractivity contribution in [1.82, 2.24) is 14.6 Å². The summed E-state index contributed by atoms with van der Waals surface area (Å²) in [6.07, 6.45) is 4.37. The number of rotatable bonds is 6. The fraction of sp³-hybridized carbons (Fsp3) is 0.483. The lowest BCUT2D eigenvalue weighted by molar-refractivity contribution is -0.140. The quantitative estimate of drug-likeness (QED) is 0.381. The van der Waals surface area contributed by atoms with Gasteiger partial charge in [-0.1, -0.05) is 41.9 Å². The number of nitrogens with zero attached hydrogens (tertiary/aromatic N) is 1. The van der Waals surface area contributed by atoms with Crippen molar-refractivity contribution in [3.8, 4) is 11.3 Å². The smallest absolute Gasteiger partial charge is 0.240 e. The fourth-order valence-electron chi connectivity index (χ4n) is 5.87. The number of aliphatic hydroxyl groups is 1. The molecule has 0 radical (unpaired) electrons. The number of benzene rings is 2. The number of hydrogen-bond donors (Lipinski definition) is 3. The Kier molecular flexibility index (Phi) is 7.61. The first-order chi connectivity index (χ1) is 18.0. The molecule has 3 aromatic rings. The number of aromatic amines is 1. The summed E-state index contributed by atoms with van der Waals surface area (Å²) in [4.78, 5) is 18.6. The number of carbonyl (C=O) groups excluding carboxylic acids is 1. The first kappa shape index (κ1) is 27.2. The van der Waals surface area contributed by atoms with Gasteiger partial charge in [0.25, 0.3) is 0 Å². The predicted molar refractivity (Wildman–Crippen MR) is 150 cm³/mol. The van der Waals surface area contributed by atoms with Crippen molar-refractivity contribution >= 4 is 38.4 Å². The SMILES string of the molecule is CC(C)(O)C1CCCN(C(=O)[C@H]2CC[C@H](NS(=O)(=O)c3ccc4c(Cl)c(-c5ccccc5)[nH]c4c3)CC2)C1. The van der Waals surface area contributed by atoms with Gasteiger partial charge in [0.15, 0.2) is 0 Å². The molecule has 2 fully saturated rings. The maximum absolute atomic E-state index is 13.2. The van der Waals surface area contributed by atoms with Crippen molar-refractivity contribution in [3.63, 3.8) is 0 Å². The fourth-order valence-corrected chi connectivity index (χ4v) is 7.52. The van der Waals surface area contributed by atoms with Gasteiger partial charge in [-0.2, -0.15) is 0 Å². The number of amides is 1. The molecule has 0 spiro atoms. The molecule has 1 aliphatic carbocycles. The van der Waals surface area contributed by atoms with Gasteiger partial charge in [0.1, 0.15) is 0 Å². The molecule has 2 aliphatic rings. The summed E-state index contributed by atoms with van der Waals surface area (Å²) in [5.41, 5.74) is 1.56. The van der Waals surface area contributed by atoms with Crippen LogP contribution in [0, 0.1) is 11.8 Å². The third kappa shape index (κ3) is 5.64. The third-order valence-corrected chi connectivity index (χ3v) is 10.1. The Balaban J connectivity index is 1.22. The molecule has 1 atom stereocenters. The summed E-state index contributed by atoms with van der Waals surface area (Å²) in [5.74, 6) is 0.132. The van der Waals surface area contributed by atoms with Crippen molar-refractivity contribution in [3.05, 3.63) is 53.6 Å². The number of H-pyrrole nitrogens is 1. The second-order valence-electron chi connectivity index (χ2n) is 11.3. The topological polar surface area (TPSA) is 102 Å². The number of carbonyl (C=O) groups is 1. The minimum Gasteiger partial charge on any atom is -0.390 e. The Morgan fingerprint density at radius 1 is 1.08 bits per heavy atom. The van der Waals surface area contributed by atoms with Crippen molar-refractivity contribution < 1.29 is 18.3 Å². The molecule has 7 nitrogen and oxygen atoms in total. The molecule has 204 valence electrons. The highest BCUT2D eigenvalue weighted by molar-refractivity contribution is 7.89. The van der Waals surface area contributed by atoms with E-state index < -0.39 is 15.6 Å². The number of fused-ring (bicyclic) bond motifs is 1. The average molecular weight is 558 g/mol. The molecular weight excluding hydrogens is 522 g/mol. The third-order valence-electron chi connectivity index (χ3n) is 8.21. The molecule has 0 bridgehead atoms. The summed E-state index contributed by atoms with van der Waals surface area (Å²) in [7, 11) is -3.74. The highest BCUT2D eigenvalue weighted by Crippen LogP contribution is 2.36. The summed E-state index contributed by atoms with van der Waals surface area (Å²) in [6.45, 7) is 4.95. The molecule has 2 heterocycles. The van der Waals surface area contributed by atoms with E-state index in [0.717, 1.165) is 36.0 Å². The summed E-state index contributed by atoms with van der Waals surface area (Å²) in [6, 6.07) is 14.4. The van der Waals surface area contributed by atoms with E-state index in [9.17, 15) is 18.3 Å². The number of hydrogen-bond acceptors (Lipinski definition) is 4. The van der Waals surface area contributed by atoms with Crippen LogP contribution in [0.2, 0.25) is 5.02 Å². The van der Waals surface area contributed by atoms with Crippen LogP contribution >= 0.6 is 11.6 Å². The van der Waals surface area contributed by atoms with E-state index in [1.54, 1.807) is 18.2 Å². The van der Waals surface area contributed by atoms with Gasteiger partial charge >= 0.3 is 0 Å². The van der Waals surface area contributed by atoms with Crippen LogP contribution in [0.15, 0.2) is 53.4 Å². The van der Waals surface area contributed by atoms with E-state index in [4.69, 9.17) is 11.6 Å². The Morgan fingerprint density at radius 3 is 2.47 bits per heavy atom. The monoisotopic (exact) mass is 557 g/mol. The zero-order valence-corrected chi connectivity index (χ0v) is 23.5. The van der Waals surface area contributed by atoms with Gasteiger partial charge in [-0.25, -0.2) is 13.1 Å². The maximum atomic E-state index is 13.2. The van der Waals surface area contributed by atoms with Crippen molar-refractivity contribution in [1.29, 1.82) is 0 Å². The van der Waals surface area contributed by atoms with Crippen molar-refractivity contribution in [2.45, 2.75) is 68.9 Å². The second-order valence-corrected chi connectivity index (χ2v) is 13.4. The van der Waals surface area contributed by atoms with Crippen molar-refractivity contribution in [2.24, 2.45) is 11.8 Å². The van der Waals surface area contributed by atoms with Crippen LogP contribution in [0.1, 0.15) is 52.4 Å². The molecule has 2 aromatic carbocycles. The average Bonchev–Trinajstić information content (AvgIpc) is 3.24. The number of likely N-dealkylation sites (tertiary alicyclic amines) is 1. The van der Waals surface area contributed by atoms with E-state index in [1.165, 1.54) is 0 Å². The lowest BCUT2D eigenvalue weighted by atomic mass is 9.82. The standard InChI is InChI=1S/C29H36ClN3O4S/c1-29(2,35)21-9-6-16-33(18-21)28(34)20-10-12-22(13-11-20)32-38(36,37)23-14-15-24-25(17-23)31-27(26(24)30)19-7-4-3-5-8-19/h3-5,7-8,14-15,17,20-22,31-32,35H,6,9-13,16,18H2,1-2H3/t20-,21?,22-. The molecule has 9 heteroatoms. The number of nitrogens with one attached hydrogen (secondary N) is 2. The van der Waals surface area contributed by atoms with E-state index in [0.29, 0.717) is 42.8 Å². The van der Waals surface area contributed by atoms with Gasteiger partial charge in [0.2, 0.25) is 15.9 Å². The Labute approximate surface area is 229 Å². The molecule has 1 unspecified atom stereocenters. The van der Waals surface area contributed by atoms with Gasteiger partial charge in [-0.3, -0.25) is 4.79 Å². The van der Waals surface area contributed by atoms with E-state index in [1.807, 2.05) is 49.1 Å². The molecule has 1 aromatic heterocycles. The normalized spacial score (nSPS) is 23.1. The number of aromatic nitrogens is 1. The van der Waals surface area contributed by atoms with Crippen LogP contribution in [0.4, 0.5) is 0 Å². The van der Waals surface area contributed by atoms with Crippen LogP contribution in [0.25, 0.3) is 22.2 Å². The molecule has 5 rings (SSSR count). The highest BCUT2D eigenvalue weighted by atomic mass is 35.5. The van der Waals surface area contributed by atoms with Gasteiger partial charge in [0.05, 0.1) is 21.2 Å². The predicted octanol–water partition coefficient (Wildman–Crippen LogP) is 5.33. The van der Waals surface area contributed by atoms with Crippen LogP contribution in [-0.2, 0) is 14.8 Å². The first-order valence-corrected chi connectivity index (χ1v) is 15.3. The number of halogens is 1. The van der Waals surface area contributed by atoms with Crippen molar-refractivity contribution in [2.75, 3.05) is 13.1 Å². The zero-order valence-electron chi connectivity index (χ0n) is 21.9. The maximum Gasteiger partial charge on any atom is 0.240 e. The number of sulfonamides is 1. The summed E-state index contributed by atoms with van der Waals surface area (Å²) < 4.78 is 29.3. The number of piperidine rings is 1. The Hall–Kier alpha value is -2.39. The summed E-state index contributed by atoms with van der Waals surface area (Å²) in [5, 5.41) is 11.7. The first-order valence-electron chi connectivity index (χ1n) is 13.4. The summed E-state index contributed by atoms with van der Waals surface area (Å²) >= 11 is 6.60. The largest absolute Gasteiger partial charge is 0.390 e. The minimum absolute atomic E-state index is 0.0824. The molecule has 1 aliphatic heterocycles. The zero-order chi connectivity index (χ0) is 27.1. The Morgan fingerprint density at radius 2 is 1.79 bits per heavy atom.